The van der Waals surface area contributed by atoms with Gasteiger partial charge in [0.05, 0.1) is 22.6 Å². The van der Waals surface area contributed by atoms with Crippen molar-refractivity contribution in [1.82, 2.24) is 9.78 Å². The molecule has 0 radical (unpaired) electrons. The van der Waals surface area contributed by atoms with Crippen LogP contribution in [0.3, 0.4) is 0 Å². The highest BCUT2D eigenvalue weighted by molar-refractivity contribution is 7.91. The number of hydrogen-bond acceptors (Lipinski definition) is 4. The highest BCUT2D eigenvalue weighted by atomic mass is 32.2. The molecule has 1 N–H and O–H groups in total. The average molecular weight is 286 g/mol. The third-order valence-corrected chi connectivity index (χ3v) is 5.57. The first-order valence-electron chi connectivity index (χ1n) is 6.24. The van der Waals surface area contributed by atoms with Gasteiger partial charge in [-0.05, 0) is 18.9 Å². The first-order valence-corrected chi connectivity index (χ1v) is 8.06. The lowest BCUT2D eigenvalue weighted by molar-refractivity contribution is -0.147. The second kappa shape index (κ2) is 4.63. The molecule has 1 saturated heterocycles. The molecule has 0 saturated carbocycles. The van der Waals surface area contributed by atoms with Gasteiger partial charge >= 0.3 is 5.97 Å². The summed E-state index contributed by atoms with van der Waals surface area (Å²) >= 11 is 0. The Bertz CT molecular complexity index is 605. The van der Waals surface area contributed by atoms with E-state index in [0.29, 0.717) is 0 Å². The summed E-state index contributed by atoms with van der Waals surface area (Å²) in [6.07, 6.45) is 1.16. The standard InChI is InChI=1S/C12H18N2O4S/c1-3-9-6-10(14(2)13-9)7-12(11(15)16)4-5-19(17,18)8-12/h6H,3-5,7-8H2,1-2H3,(H,15,16). The van der Waals surface area contributed by atoms with Gasteiger partial charge in [-0.15, -0.1) is 0 Å². The Morgan fingerprint density at radius 2 is 2.26 bits per heavy atom. The maximum atomic E-state index is 11.6. The van der Waals surface area contributed by atoms with Gasteiger partial charge in [0.1, 0.15) is 0 Å². The highest BCUT2D eigenvalue weighted by Crippen LogP contribution is 2.36. The van der Waals surface area contributed by atoms with Crippen molar-refractivity contribution < 1.29 is 18.3 Å². The Labute approximate surface area is 112 Å². The summed E-state index contributed by atoms with van der Waals surface area (Å²) in [7, 11) is -1.48. The fourth-order valence-electron chi connectivity index (χ4n) is 2.56. The van der Waals surface area contributed by atoms with Crippen molar-refractivity contribution in [2.75, 3.05) is 11.5 Å². The van der Waals surface area contributed by atoms with Crippen LogP contribution in [-0.2, 0) is 34.5 Å². The van der Waals surface area contributed by atoms with Gasteiger partial charge in [-0.1, -0.05) is 6.92 Å². The van der Waals surface area contributed by atoms with Crippen molar-refractivity contribution in [2.24, 2.45) is 12.5 Å². The van der Waals surface area contributed by atoms with Crippen LogP contribution < -0.4 is 0 Å². The molecular weight excluding hydrogens is 268 g/mol. The SMILES string of the molecule is CCc1cc(CC2(C(=O)O)CCS(=O)(=O)C2)n(C)n1. The van der Waals surface area contributed by atoms with Crippen LogP contribution >= 0.6 is 0 Å². The smallest absolute Gasteiger partial charge is 0.311 e. The molecule has 2 rings (SSSR count). The third-order valence-electron chi connectivity index (χ3n) is 3.75. The van der Waals surface area contributed by atoms with E-state index in [4.69, 9.17) is 0 Å². The van der Waals surface area contributed by atoms with Crippen LogP contribution in [0.25, 0.3) is 0 Å². The molecule has 1 atom stereocenters. The topological polar surface area (TPSA) is 89.3 Å². The minimum absolute atomic E-state index is 0.0439. The second-order valence-corrected chi connectivity index (χ2v) is 7.39. The van der Waals surface area contributed by atoms with Gasteiger partial charge in [0, 0.05) is 19.2 Å². The van der Waals surface area contributed by atoms with Crippen LogP contribution in [0.1, 0.15) is 24.7 Å². The Morgan fingerprint density at radius 3 is 2.68 bits per heavy atom. The molecule has 0 bridgehead atoms. The first kappa shape index (κ1) is 14.0. The molecule has 7 heteroatoms. The van der Waals surface area contributed by atoms with E-state index in [1.807, 2.05) is 13.0 Å². The molecule has 0 spiro atoms. The van der Waals surface area contributed by atoms with Crippen molar-refractivity contribution >= 4 is 15.8 Å². The van der Waals surface area contributed by atoms with E-state index in [9.17, 15) is 18.3 Å². The summed E-state index contributed by atoms with van der Waals surface area (Å²) in [5.41, 5.74) is 0.465. The monoisotopic (exact) mass is 286 g/mol. The summed E-state index contributed by atoms with van der Waals surface area (Å²) in [5.74, 6) is -1.35. The number of aryl methyl sites for hydroxylation is 2. The Morgan fingerprint density at radius 1 is 1.58 bits per heavy atom. The molecule has 0 amide bonds. The van der Waals surface area contributed by atoms with Crippen molar-refractivity contribution in [2.45, 2.75) is 26.2 Å². The number of carbonyl (C=O) groups is 1. The Balaban J connectivity index is 2.32. The van der Waals surface area contributed by atoms with Crippen LogP contribution in [0.4, 0.5) is 0 Å². The molecule has 1 unspecified atom stereocenters. The third kappa shape index (κ3) is 2.65. The quantitative estimate of drug-likeness (QED) is 0.866. The number of nitrogens with zero attached hydrogens (tertiary/aromatic N) is 2. The Hall–Kier alpha value is -1.37. The van der Waals surface area contributed by atoms with Crippen molar-refractivity contribution in [1.29, 1.82) is 0 Å². The molecule has 1 aliphatic rings. The van der Waals surface area contributed by atoms with Gasteiger partial charge in [-0.25, -0.2) is 8.42 Å². The van der Waals surface area contributed by atoms with Crippen LogP contribution in [-0.4, -0.2) is 40.8 Å². The lowest BCUT2D eigenvalue weighted by Gasteiger charge is -2.22. The molecule has 2 heterocycles. The summed E-state index contributed by atoms with van der Waals surface area (Å²) in [5, 5.41) is 13.7. The summed E-state index contributed by atoms with van der Waals surface area (Å²) < 4.78 is 24.9. The predicted octanol–water partition coefficient (Wildman–Crippen LogP) is 0.414. The van der Waals surface area contributed by atoms with E-state index in [1.54, 1.807) is 11.7 Å². The van der Waals surface area contributed by atoms with E-state index < -0.39 is 21.2 Å². The number of hydrogen-bond donors (Lipinski definition) is 1. The minimum atomic E-state index is -3.24. The number of sulfone groups is 1. The largest absolute Gasteiger partial charge is 0.481 e. The zero-order valence-electron chi connectivity index (χ0n) is 11.1. The number of aromatic nitrogens is 2. The molecule has 106 valence electrons. The van der Waals surface area contributed by atoms with Gasteiger partial charge < -0.3 is 5.11 Å². The zero-order chi connectivity index (χ0) is 14.3. The van der Waals surface area contributed by atoms with Gasteiger partial charge in [-0.3, -0.25) is 9.48 Å². The molecule has 0 aromatic carbocycles. The van der Waals surface area contributed by atoms with Crippen molar-refractivity contribution in [3.63, 3.8) is 0 Å². The molecule has 0 aliphatic carbocycles. The molecular formula is C12H18N2O4S. The zero-order valence-corrected chi connectivity index (χ0v) is 11.9. The minimum Gasteiger partial charge on any atom is -0.481 e. The molecule has 1 aromatic rings. The van der Waals surface area contributed by atoms with E-state index in [0.717, 1.165) is 17.8 Å². The van der Waals surface area contributed by atoms with E-state index in [-0.39, 0.29) is 24.3 Å². The molecule has 6 nitrogen and oxygen atoms in total. The van der Waals surface area contributed by atoms with Gasteiger partial charge in [0.15, 0.2) is 9.84 Å². The normalized spacial score (nSPS) is 25.6. The number of aliphatic carboxylic acids is 1. The second-order valence-electron chi connectivity index (χ2n) is 5.21. The van der Waals surface area contributed by atoms with Crippen molar-refractivity contribution in [3.05, 3.63) is 17.5 Å². The van der Waals surface area contributed by atoms with Crippen LogP contribution in [0.15, 0.2) is 6.07 Å². The number of rotatable bonds is 4. The first-order chi connectivity index (χ1) is 8.78. The number of carboxylic acids is 1. The van der Waals surface area contributed by atoms with Gasteiger partial charge in [0.2, 0.25) is 0 Å². The molecule has 19 heavy (non-hydrogen) atoms. The fraction of sp³-hybridized carbons (Fsp3) is 0.667. The van der Waals surface area contributed by atoms with Crippen LogP contribution in [0.2, 0.25) is 0 Å². The van der Waals surface area contributed by atoms with Crippen LogP contribution in [0, 0.1) is 5.41 Å². The predicted molar refractivity (Wildman–Crippen MR) is 69.6 cm³/mol. The average Bonchev–Trinajstić information content (AvgIpc) is 2.81. The van der Waals surface area contributed by atoms with E-state index in [2.05, 4.69) is 5.10 Å². The van der Waals surface area contributed by atoms with E-state index in [1.165, 1.54) is 0 Å². The summed E-state index contributed by atoms with van der Waals surface area (Å²) in [4.78, 5) is 11.5. The highest BCUT2D eigenvalue weighted by Gasteiger charge is 2.48. The maximum Gasteiger partial charge on any atom is 0.311 e. The van der Waals surface area contributed by atoms with E-state index >= 15 is 0 Å². The molecule has 1 aliphatic heterocycles. The summed E-state index contributed by atoms with van der Waals surface area (Å²) in [6, 6.07) is 1.86. The van der Waals surface area contributed by atoms with Crippen LogP contribution in [0.5, 0.6) is 0 Å². The number of carboxylic acid groups (broad SMARTS) is 1. The maximum absolute atomic E-state index is 11.6. The molecule has 1 aromatic heterocycles. The Kier molecular flexibility index (Phi) is 3.42. The lowest BCUT2D eigenvalue weighted by Crippen LogP contribution is -2.35. The lowest BCUT2D eigenvalue weighted by atomic mass is 9.83. The van der Waals surface area contributed by atoms with Crippen molar-refractivity contribution in [3.8, 4) is 0 Å². The van der Waals surface area contributed by atoms with Gasteiger partial charge in [-0.2, -0.15) is 5.10 Å². The summed E-state index contributed by atoms with van der Waals surface area (Å²) in [6.45, 7) is 1.97. The fourth-order valence-corrected chi connectivity index (χ4v) is 4.61. The van der Waals surface area contributed by atoms with Gasteiger partial charge in [0.25, 0.3) is 0 Å². The molecule has 1 fully saturated rings.